The number of fused-ring (bicyclic) bond motifs is 1. The highest BCUT2D eigenvalue weighted by Gasteiger charge is 2.21. The standard InChI is InChI=1S/C17H21NO2/c1-12-6-8-14(9-7-12)20-17-16-5-3-2-4-15(16)13(11-19)10-18-17/h2-5,10,12,14,19H,6-9,11H2,1H3. The van der Waals surface area contributed by atoms with E-state index >= 15 is 0 Å². The first-order valence-electron chi connectivity index (χ1n) is 7.42. The predicted molar refractivity (Wildman–Crippen MR) is 79.7 cm³/mol. The van der Waals surface area contributed by atoms with Crippen molar-refractivity contribution in [2.24, 2.45) is 5.92 Å². The molecule has 20 heavy (non-hydrogen) atoms. The number of hydrogen-bond acceptors (Lipinski definition) is 3. The molecule has 1 fully saturated rings. The van der Waals surface area contributed by atoms with E-state index in [1.807, 2.05) is 24.3 Å². The zero-order valence-electron chi connectivity index (χ0n) is 11.9. The van der Waals surface area contributed by atoms with Crippen LogP contribution in [0.5, 0.6) is 5.88 Å². The highest BCUT2D eigenvalue weighted by molar-refractivity contribution is 5.89. The van der Waals surface area contributed by atoms with Crippen molar-refractivity contribution in [2.75, 3.05) is 0 Å². The zero-order chi connectivity index (χ0) is 13.9. The highest BCUT2D eigenvalue weighted by Crippen LogP contribution is 2.31. The van der Waals surface area contributed by atoms with E-state index in [0.717, 1.165) is 35.1 Å². The van der Waals surface area contributed by atoms with Gasteiger partial charge in [-0.1, -0.05) is 25.1 Å². The normalized spacial score (nSPS) is 22.9. The number of hydrogen-bond donors (Lipinski definition) is 1. The van der Waals surface area contributed by atoms with Crippen molar-refractivity contribution in [3.05, 3.63) is 36.0 Å². The van der Waals surface area contributed by atoms with E-state index in [1.165, 1.54) is 12.8 Å². The molecule has 1 aromatic heterocycles. The number of nitrogens with zero attached hydrogens (tertiary/aromatic N) is 1. The Kier molecular flexibility index (Phi) is 3.88. The van der Waals surface area contributed by atoms with E-state index < -0.39 is 0 Å². The summed E-state index contributed by atoms with van der Waals surface area (Å²) in [6, 6.07) is 8.00. The van der Waals surface area contributed by atoms with Gasteiger partial charge in [0, 0.05) is 17.1 Å². The summed E-state index contributed by atoms with van der Waals surface area (Å²) < 4.78 is 6.12. The van der Waals surface area contributed by atoms with Crippen LogP contribution in [0.2, 0.25) is 0 Å². The largest absolute Gasteiger partial charge is 0.474 e. The van der Waals surface area contributed by atoms with Crippen LogP contribution in [-0.2, 0) is 6.61 Å². The molecule has 106 valence electrons. The van der Waals surface area contributed by atoms with E-state index in [9.17, 15) is 5.11 Å². The molecule has 3 heteroatoms. The maximum Gasteiger partial charge on any atom is 0.221 e. The van der Waals surface area contributed by atoms with Crippen molar-refractivity contribution in [1.82, 2.24) is 4.98 Å². The summed E-state index contributed by atoms with van der Waals surface area (Å²) in [4.78, 5) is 4.41. The number of aromatic nitrogens is 1. The molecule has 0 atom stereocenters. The Hall–Kier alpha value is -1.61. The third-order valence-corrected chi connectivity index (χ3v) is 4.25. The molecule has 1 aliphatic rings. The molecule has 3 rings (SSSR count). The molecule has 0 amide bonds. The van der Waals surface area contributed by atoms with Gasteiger partial charge >= 0.3 is 0 Å². The zero-order valence-corrected chi connectivity index (χ0v) is 11.9. The maximum absolute atomic E-state index is 9.40. The molecule has 0 bridgehead atoms. The van der Waals surface area contributed by atoms with Crippen LogP contribution < -0.4 is 4.74 Å². The number of aliphatic hydroxyl groups is 1. The average molecular weight is 271 g/mol. The Morgan fingerprint density at radius 3 is 2.55 bits per heavy atom. The average Bonchev–Trinajstić information content (AvgIpc) is 2.50. The molecular formula is C17H21NO2. The van der Waals surface area contributed by atoms with Gasteiger partial charge in [0.1, 0.15) is 6.10 Å². The summed E-state index contributed by atoms with van der Waals surface area (Å²) in [5, 5.41) is 11.4. The van der Waals surface area contributed by atoms with Crippen LogP contribution >= 0.6 is 0 Å². The second-order valence-corrected chi connectivity index (χ2v) is 5.79. The van der Waals surface area contributed by atoms with Crippen molar-refractivity contribution in [3.63, 3.8) is 0 Å². The second-order valence-electron chi connectivity index (χ2n) is 5.79. The molecule has 0 unspecified atom stereocenters. The van der Waals surface area contributed by atoms with Crippen LogP contribution in [0.1, 0.15) is 38.2 Å². The van der Waals surface area contributed by atoms with Crippen LogP contribution in [0.25, 0.3) is 10.8 Å². The predicted octanol–water partition coefficient (Wildman–Crippen LogP) is 3.68. The van der Waals surface area contributed by atoms with E-state index in [-0.39, 0.29) is 12.7 Å². The van der Waals surface area contributed by atoms with E-state index in [4.69, 9.17) is 4.74 Å². The molecule has 1 aliphatic carbocycles. The fraction of sp³-hybridized carbons (Fsp3) is 0.471. The lowest BCUT2D eigenvalue weighted by molar-refractivity contribution is 0.132. The van der Waals surface area contributed by atoms with Crippen LogP contribution in [0, 0.1) is 5.92 Å². The van der Waals surface area contributed by atoms with E-state index in [0.29, 0.717) is 5.88 Å². The lowest BCUT2D eigenvalue weighted by Gasteiger charge is -2.26. The Bertz CT molecular complexity index is 589. The van der Waals surface area contributed by atoms with Gasteiger partial charge in [-0.15, -0.1) is 0 Å². The maximum atomic E-state index is 9.40. The lowest BCUT2D eigenvalue weighted by Crippen LogP contribution is -2.23. The number of rotatable bonds is 3. The minimum Gasteiger partial charge on any atom is -0.474 e. The Labute approximate surface area is 119 Å². The third-order valence-electron chi connectivity index (χ3n) is 4.25. The third kappa shape index (κ3) is 2.63. The molecule has 0 saturated heterocycles. The number of pyridine rings is 1. The van der Waals surface area contributed by atoms with E-state index in [1.54, 1.807) is 6.20 Å². The molecule has 1 aromatic carbocycles. The van der Waals surface area contributed by atoms with Gasteiger partial charge in [0.05, 0.1) is 6.61 Å². The van der Waals surface area contributed by atoms with Gasteiger partial charge in [0.2, 0.25) is 5.88 Å². The summed E-state index contributed by atoms with van der Waals surface area (Å²) in [6.07, 6.45) is 6.69. The van der Waals surface area contributed by atoms with Crippen LogP contribution in [0.4, 0.5) is 0 Å². The van der Waals surface area contributed by atoms with Crippen molar-refractivity contribution in [2.45, 2.75) is 45.3 Å². The summed E-state index contributed by atoms with van der Waals surface area (Å²) in [5.41, 5.74) is 0.852. The van der Waals surface area contributed by atoms with Gasteiger partial charge in [-0.2, -0.15) is 0 Å². The molecule has 0 aliphatic heterocycles. The minimum absolute atomic E-state index is 0.00867. The number of aliphatic hydroxyl groups excluding tert-OH is 1. The van der Waals surface area contributed by atoms with Gasteiger partial charge in [0.25, 0.3) is 0 Å². The Morgan fingerprint density at radius 1 is 1.15 bits per heavy atom. The molecule has 1 saturated carbocycles. The first kappa shape index (κ1) is 13.4. The van der Waals surface area contributed by atoms with Gasteiger partial charge in [-0.05, 0) is 43.1 Å². The fourth-order valence-corrected chi connectivity index (χ4v) is 2.95. The molecule has 3 nitrogen and oxygen atoms in total. The first-order chi connectivity index (χ1) is 9.78. The molecular weight excluding hydrogens is 250 g/mol. The van der Waals surface area contributed by atoms with Gasteiger partial charge in [0.15, 0.2) is 0 Å². The van der Waals surface area contributed by atoms with Crippen LogP contribution in [-0.4, -0.2) is 16.2 Å². The fourth-order valence-electron chi connectivity index (χ4n) is 2.95. The summed E-state index contributed by atoms with van der Waals surface area (Å²) in [7, 11) is 0. The number of ether oxygens (including phenoxy) is 1. The van der Waals surface area contributed by atoms with Crippen molar-refractivity contribution >= 4 is 10.8 Å². The molecule has 2 aromatic rings. The Morgan fingerprint density at radius 2 is 1.85 bits per heavy atom. The molecule has 0 spiro atoms. The molecule has 0 radical (unpaired) electrons. The number of benzene rings is 1. The second kappa shape index (κ2) is 5.80. The van der Waals surface area contributed by atoms with Gasteiger partial charge in [-0.25, -0.2) is 4.98 Å². The summed E-state index contributed by atoms with van der Waals surface area (Å²) in [5.74, 6) is 1.52. The topological polar surface area (TPSA) is 42.4 Å². The SMILES string of the molecule is CC1CCC(Oc2ncc(CO)c3ccccc23)CC1. The van der Waals surface area contributed by atoms with Gasteiger partial charge in [-0.3, -0.25) is 0 Å². The smallest absolute Gasteiger partial charge is 0.221 e. The summed E-state index contributed by atoms with van der Waals surface area (Å²) in [6.45, 7) is 2.31. The quantitative estimate of drug-likeness (QED) is 0.926. The van der Waals surface area contributed by atoms with Crippen LogP contribution in [0.15, 0.2) is 30.5 Å². The molecule has 1 heterocycles. The summed E-state index contributed by atoms with van der Waals surface area (Å²) >= 11 is 0. The minimum atomic E-state index is 0.00867. The van der Waals surface area contributed by atoms with Gasteiger partial charge < -0.3 is 9.84 Å². The van der Waals surface area contributed by atoms with E-state index in [2.05, 4.69) is 11.9 Å². The van der Waals surface area contributed by atoms with Crippen LogP contribution in [0.3, 0.4) is 0 Å². The van der Waals surface area contributed by atoms with Crippen molar-refractivity contribution < 1.29 is 9.84 Å². The Balaban J connectivity index is 1.88. The first-order valence-corrected chi connectivity index (χ1v) is 7.42. The van der Waals surface area contributed by atoms with Crippen molar-refractivity contribution in [3.8, 4) is 5.88 Å². The molecule has 1 N–H and O–H groups in total. The monoisotopic (exact) mass is 271 g/mol. The van der Waals surface area contributed by atoms with Crippen molar-refractivity contribution in [1.29, 1.82) is 0 Å². The highest BCUT2D eigenvalue weighted by atomic mass is 16.5. The lowest BCUT2D eigenvalue weighted by atomic mass is 9.89.